The van der Waals surface area contributed by atoms with E-state index in [0.29, 0.717) is 44.1 Å². The number of hydrogen-bond donors (Lipinski definition) is 0. The highest BCUT2D eigenvalue weighted by molar-refractivity contribution is 7.89. The van der Waals surface area contributed by atoms with E-state index in [1.54, 1.807) is 11.0 Å². The molecule has 0 radical (unpaired) electrons. The van der Waals surface area contributed by atoms with Crippen LogP contribution in [-0.4, -0.2) is 56.5 Å². The van der Waals surface area contributed by atoms with Gasteiger partial charge in [0.25, 0.3) is 0 Å². The largest absolute Gasteiger partial charge is 0.454 e. The highest BCUT2D eigenvalue weighted by Crippen LogP contribution is 2.34. The Kier molecular flexibility index (Phi) is 4.96. The summed E-state index contributed by atoms with van der Waals surface area (Å²) in [6.45, 7) is 3.66. The number of piperazine rings is 1. The van der Waals surface area contributed by atoms with Crippen molar-refractivity contribution in [1.82, 2.24) is 9.21 Å². The zero-order chi connectivity index (χ0) is 17.2. The van der Waals surface area contributed by atoms with Gasteiger partial charge in [0.1, 0.15) is 0 Å². The number of unbranched alkanes of at least 4 members (excludes halogenated alkanes) is 1. The van der Waals surface area contributed by atoms with Crippen LogP contribution >= 0.6 is 0 Å². The van der Waals surface area contributed by atoms with Gasteiger partial charge in [0.05, 0.1) is 4.90 Å². The molecule has 0 N–H and O–H groups in total. The minimum absolute atomic E-state index is 0.108. The van der Waals surface area contributed by atoms with Crippen LogP contribution in [-0.2, 0) is 14.8 Å². The fourth-order valence-corrected chi connectivity index (χ4v) is 4.29. The summed E-state index contributed by atoms with van der Waals surface area (Å²) in [5.41, 5.74) is 0. The first-order chi connectivity index (χ1) is 11.5. The van der Waals surface area contributed by atoms with Gasteiger partial charge < -0.3 is 14.4 Å². The molecule has 1 saturated heterocycles. The first-order valence-electron chi connectivity index (χ1n) is 8.20. The normalized spacial score (nSPS) is 18.0. The minimum atomic E-state index is -3.59. The van der Waals surface area contributed by atoms with E-state index in [0.717, 1.165) is 12.8 Å². The fraction of sp³-hybridized carbons (Fsp3) is 0.562. The maximum atomic E-state index is 12.8. The monoisotopic (exact) mass is 354 g/mol. The van der Waals surface area contributed by atoms with Gasteiger partial charge >= 0.3 is 0 Å². The van der Waals surface area contributed by atoms with Gasteiger partial charge in [0.15, 0.2) is 11.5 Å². The predicted molar refractivity (Wildman–Crippen MR) is 87.4 cm³/mol. The van der Waals surface area contributed by atoms with Gasteiger partial charge in [-0.25, -0.2) is 8.42 Å². The summed E-state index contributed by atoms with van der Waals surface area (Å²) >= 11 is 0. The lowest BCUT2D eigenvalue weighted by atomic mass is 10.2. The molecule has 132 valence electrons. The number of nitrogens with zero attached hydrogens (tertiary/aromatic N) is 2. The van der Waals surface area contributed by atoms with E-state index in [9.17, 15) is 13.2 Å². The van der Waals surface area contributed by atoms with Crippen molar-refractivity contribution >= 4 is 15.9 Å². The number of rotatable bonds is 5. The second-order valence-corrected chi connectivity index (χ2v) is 7.84. The molecule has 1 aromatic carbocycles. The van der Waals surface area contributed by atoms with Gasteiger partial charge in [-0.2, -0.15) is 4.31 Å². The van der Waals surface area contributed by atoms with E-state index in [2.05, 4.69) is 0 Å². The highest BCUT2D eigenvalue weighted by atomic mass is 32.2. The van der Waals surface area contributed by atoms with E-state index in [-0.39, 0.29) is 17.6 Å². The Hall–Kier alpha value is -1.80. The maximum absolute atomic E-state index is 12.8. The molecule has 2 aliphatic heterocycles. The molecule has 0 saturated carbocycles. The van der Waals surface area contributed by atoms with Gasteiger partial charge in [0, 0.05) is 38.7 Å². The Morgan fingerprint density at radius 1 is 1.12 bits per heavy atom. The molecule has 1 amide bonds. The van der Waals surface area contributed by atoms with Crippen molar-refractivity contribution in [2.45, 2.75) is 31.1 Å². The van der Waals surface area contributed by atoms with E-state index >= 15 is 0 Å². The predicted octanol–water partition coefficient (Wildman–Crippen LogP) is 1.44. The zero-order valence-electron chi connectivity index (χ0n) is 13.7. The third-order valence-electron chi connectivity index (χ3n) is 4.32. The summed E-state index contributed by atoms with van der Waals surface area (Å²) in [7, 11) is -3.59. The van der Waals surface area contributed by atoms with Gasteiger partial charge in [0.2, 0.25) is 22.7 Å². The van der Waals surface area contributed by atoms with Crippen LogP contribution in [0, 0.1) is 0 Å². The van der Waals surface area contributed by atoms with Crippen LogP contribution in [0.2, 0.25) is 0 Å². The van der Waals surface area contributed by atoms with E-state index in [1.165, 1.54) is 16.4 Å². The van der Waals surface area contributed by atoms with E-state index in [1.807, 2.05) is 6.92 Å². The molecule has 2 heterocycles. The molecule has 0 atom stereocenters. The minimum Gasteiger partial charge on any atom is -0.454 e. The van der Waals surface area contributed by atoms with Crippen molar-refractivity contribution in [3.63, 3.8) is 0 Å². The zero-order valence-corrected chi connectivity index (χ0v) is 14.5. The topological polar surface area (TPSA) is 76.2 Å². The molecule has 0 aromatic heterocycles. The Bertz CT molecular complexity index is 711. The lowest BCUT2D eigenvalue weighted by Crippen LogP contribution is -2.50. The van der Waals surface area contributed by atoms with Crippen LogP contribution in [0.1, 0.15) is 26.2 Å². The Morgan fingerprint density at radius 3 is 2.54 bits per heavy atom. The summed E-state index contributed by atoms with van der Waals surface area (Å²) in [6.07, 6.45) is 2.38. The number of fused-ring (bicyclic) bond motifs is 1. The first kappa shape index (κ1) is 17.0. The van der Waals surface area contributed by atoms with Gasteiger partial charge in [-0.3, -0.25) is 4.79 Å². The second kappa shape index (κ2) is 6.98. The Balaban J connectivity index is 1.66. The van der Waals surface area contributed by atoms with Crippen molar-refractivity contribution < 1.29 is 22.7 Å². The molecule has 2 aliphatic rings. The number of benzene rings is 1. The number of hydrogen-bond acceptors (Lipinski definition) is 5. The van der Waals surface area contributed by atoms with Crippen molar-refractivity contribution in [2.24, 2.45) is 0 Å². The summed E-state index contributed by atoms with van der Waals surface area (Å²) in [5, 5.41) is 0. The molecule has 24 heavy (non-hydrogen) atoms. The van der Waals surface area contributed by atoms with Crippen molar-refractivity contribution in [2.75, 3.05) is 33.0 Å². The van der Waals surface area contributed by atoms with Crippen LogP contribution in [0.15, 0.2) is 23.1 Å². The van der Waals surface area contributed by atoms with Crippen LogP contribution in [0.5, 0.6) is 11.5 Å². The quantitative estimate of drug-likeness (QED) is 0.800. The third-order valence-corrected chi connectivity index (χ3v) is 6.21. The number of sulfonamides is 1. The van der Waals surface area contributed by atoms with E-state index < -0.39 is 10.0 Å². The molecule has 8 heteroatoms. The number of carbonyl (C=O) groups excluding carboxylic acids is 1. The lowest BCUT2D eigenvalue weighted by Gasteiger charge is -2.34. The molecule has 1 fully saturated rings. The summed E-state index contributed by atoms with van der Waals surface area (Å²) in [5.74, 6) is 1.11. The molecular weight excluding hydrogens is 332 g/mol. The number of amides is 1. The molecule has 0 bridgehead atoms. The molecule has 0 spiro atoms. The molecule has 1 aromatic rings. The summed E-state index contributed by atoms with van der Waals surface area (Å²) < 4.78 is 37.4. The summed E-state index contributed by atoms with van der Waals surface area (Å²) in [6, 6.07) is 4.64. The number of ether oxygens (including phenoxy) is 2. The second-order valence-electron chi connectivity index (χ2n) is 5.90. The molecule has 3 rings (SSSR count). The smallest absolute Gasteiger partial charge is 0.243 e. The van der Waals surface area contributed by atoms with Crippen molar-refractivity contribution in [3.8, 4) is 11.5 Å². The van der Waals surface area contributed by atoms with Gasteiger partial charge in [-0.15, -0.1) is 0 Å². The molecular formula is C16H22N2O5S. The Morgan fingerprint density at radius 2 is 1.83 bits per heavy atom. The van der Waals surface area contributed by atoms with Crippen molar-refractivity contribution in [3.05, 3.63) is 18.2 Å². The van der Waals surface area contributed by atoms with Gasteiger partial charge in [-0.05, 0) is 18.6 Å². The lowest BCUT2D eigenvalue weighted by molar-refractivity contribution is -0.132. The summed E-state index contributed by atoms with van der Waals surface area (Å²) in [4.78, 5) is 14.0. The molecule has 0 aliphatic carbocycles. The molecule has 7 nitrogen and oxygen atoms in total. The third kappa shape index (κ3) is 3.34. The highest BCUT2D eigenvalue weighted by Gasteiger charge is 2.31. The van der Waals surface area contributed by atoms with Crippen LogP contribution in [0.25, 0.3) is 0 Å². The average molecular weight is 354 g/mol. The van der Waals surface area contributed by atoms with Crippen LogP contribution < -0.4 is 9.47 Å². The van der Waals surface area contributed by atoms with Crippen molar-refractivity contribution in [1.29, 1.82) is 0 Å². The van der Waals surface area contributed by atoms with Gasteiger partial charge in [-0.1, -0.05) is 13.3 Å². The number of carbonyl (C=O) groups is 1. The maximum Gasteiger partial charge on any atom is 0.243 e. The van der Waals surface area contributed by atoms with Crippen LogP contribution in [0.3, 0.4) is 0 Å². The standard InChI is InChI=1S/C16H22N2O5S/c1-2-3-4-16(19)17-7-9-18(10-8-17)24(20,21)13-5-6-14-15(11-13)23-12-22-14/h5-6,11H,2-4,7-10,12H2,1H3. The molecule has 0 unspecified atom stereocenters. The van der Waals surface area contributed by atoms with E-state index in [4.69, 9.17) is 9.47 Å². The van der Waals surface area contributed by atoms with Crippen LogP contribution in [0.4, 0.5) is 0 Å². The Labute approximate surface area is 142 Å². The first-order valence-corrected chi connectivity index (χ1v) is 9.64. The average Bonchev–Trinajstić information content (AvgIpc) is 3.07. The SMILES string of the molecule is CCCCC(=O)N1CCN(S(=O)(=O)c2ccc3c(c2)OCO3)CC1. The fourth-order valence-electron chi connectivity index (χ4n) is 2.85.